The number of aliphatic hydroxyl groups excluding tert-OH is 2. The molecule has 1 aromatic rings. The van der Waals surface area contributed by atoms with Gasteiger partial charge in [-0.1, -0.05) is 5.11 Å². The molecule has 0 aliphatic carbocycles. The first-order valence-corrected chi connectivity index (χ1v) is 5.20. The second-order valence-corrected chi connectivity index (χ2v) is 3.82. The van der Waals surface area contributed by atoms with E-state index in [9.17, 15) is 24.7 Å². The fourth-order valence-corrected chi connectivity index (χ4v) is 1.61. The molecule has 1 rings (SSSR count). The van der Waals surface area contributed by atoms with E-state index < -0.39 is 35.2 Å². The average Bonchev–Trinajstić information content (AvgIpc) is 2.37. The number of azide groups is 1. The summed E-state index contributed by atoms with van der Waals surface area (Å²) in [5, 5.41) is 33.1. The van der Waals surface area contributed by atoms with E-state index in [0.717, 1.165) is 12.1 Å². The number of nitro benzene ring substituents is 1. The quantitative estimate of drug-likeness (QED) is 0.277. The van der Waals surface area contributed by atoms with Crippen molar-refractivity contribution in [3.8, 4) is 0 Å². The van der Waals surface area contributed by atoms with Crippen molar-refractivity contribution in [3.05, 3.63) is 49.6 Å². The minimum atomic E-state index is -1.58. The average molecular weight is 270 g/mol. The van der Waals surface area contributed by atoms with Gasteiger partial charge in [0.05, 0.1) is 23.6 Å². The van der Waals surface area contributed by atoms with Crippen molar-refractivity contribution in [3.63, 3.8) is 0 Å². The Morgan fingerprint density at radius 2 is 2.21 bits per heavy atom. The fourth-order valence-electron chi connectivity index (χ4n) is 1.61. The maximum atomic E-state index is 13.3. The van der Waals surface area contributed by atoms with Gasteiger partial charge in [0.15, 0.2) is 0 Å². The third kappa shape index (κ3) is 3.38. The van der Waals surface area contributed by atoms with Crippen LogP contribution in [-0.2, 0) is 0 Å². The summed E-state index contributed by atoms with van der Waals surface area (Å²) in [4.78, 5) is 12.3. The summed E-state index contributed by atoms with van der Waals surface area (Å²) in [5.41, 5.74) is 7.53. The summed E-state index contributed by atoms with van der Waals surface area (Å²) in [6.07, 6.45) is -3.06. The van der Waals surface area contributed by atoms with Gasteiger partial charge in [-0.3, -0.25) is 10.1 Å². The van der Waals surface area contributed by atoms with Crippen LogP contribution in [0.4, 0.5) is 10.1 Å². The van der Waals surface area contributed by atoms with Crippen LogP contribution in [0.5, 0.6) is 0 Å². The molecule has 102 valence electrons. The van der Waals surface area contributed by atoms with Crippen molar-refractivity contribution < 1.29 is 19.5 Å². The van der Waals surface area contributed by atoms with E-state index in [1.807, 2.05) is 0 Å². The van der Waals surface area contributed by atoms with Crippen molar-refractivity contribution >= 4 is 5.69 Å². The Labute approximate surface area is 106 Å². The first kappa shape index (κ1) is 14.8. The molecule has 2 atom stereocenters. The molecule has 0 aromatic heterocycles. The minimum absolute atomic E-state index is 0.0406. The van der Waals surface area contributed by atoms with E-state index in [4.69, 9.17) is 5.53 Å². The molecule has 0 fully saturated rings. The van der Waals surface area contributed by atoms with Crippen LogP contribution in [0, 0.1) is 22.9 Å². The molecule has 9 heteroatoms. The molecule has 0 spiro atoms. The number of rotatable bonds is 5. The standard InChI is InChI=1S/C10H11FN4O4/c1-5-7(10(17)9(16)4-13-14-12)2-6(11)3-8(5)15(18)19/h2-3,9-10,16-17H,4H2,1H3. The van der Waals surface area contributed by atoms with Crippen molar-refractivity contribution in [2.75, 3.05) is 6.54 Å². The molecule has 8 nitrogen and oxygen atoms in total. The number of halogens is 1. The zero-order valence-corrected chi connectivity index (χ0v) is 9.89. The highest BCUT2D eigenvalue weighted by Gasteiger charge is 2.25. The van der Waals surface area contributed by atoms with Crippen LogP contribution in [0.3, 0.4) is 0 Å². The van der Waals surface area contributed by atoms with Crippen LogP contribution in [0.1, 0.15) is 17.2 Å². The summed E-state index contributed by atoms with van der Waals surface area (Å²) >= 11 is 0. The molecule has 0 saturated heterocycles. The van der Waals surface area contributed by atoms with Gasteiger partial charge in [0, 0.05) is 10.5 Å². The van der Waals surface area contributed by atoms with Crippen LogP contribution in [0.15, 0.2) is 17.2 Å². The smallest absolute Gasteiger partial charge is 0.275 e. The Morgan fingerprint density at radius 1 is 1.58 bits per heavy atom. The molecule has 0 aliphatic heterocycles. The molecular formula is C10H11FN4O4. The maximum absolute atomic E-state index is 13.3. The number of hydrogen-bond donors (Lipinski definition) is 2. The summed E-state index contributed by atoms with van der Waals surface area (Å²) in [6.45, 7) is 0.901. The van der Waals surface area contributed by atoms with Gasteiger partial charge in [0.2, 0.25) is 0 Å². The lowest BCUT2D eigenvalue weighted by Gasteiger charge is -2.18. The highest BCUT2D eigenvalue weighted by Crippen LogP contribution is 2.29. The molecule has 0 heterocycles. The molecule has 19 heavy (non-hydrogen) atoms. The van der Waals surface area contributed by atoms with E-state index >= 15 is 0 Å². The van der Waals surface area contributed by atoms with E-state index in [1.165, 1.54) is 6.92 Å². The largest absolute Gasteiger partial charge is 0.390 e. The minimum Gasteiger partial charge on any atom is -0.390 e. The number of hydrogen-bond acceptors (Lipinski definition) is 5. The molecule has 2 unspecified atom stereocenters. The first-order chi connectivity index (χ1) is 8.88. The Bertz CT molecular complexity index is 545. The zero-order chi connectivity index (χ0) is 14.6. The van der Waals surface area contributed by atoms with Crippen LogP contribution in [0.2, 0.25) is 0 Å². The Kier molecular flexibility index (Phi) is 4.76. The normalized spacial score (nSPS) is 13.5. The van der Waals surface area contributed by atoms with Gasteiger partial charge >= 0.3 is 0 Å². The van der Waals surface area contributed by atoms with E-state index in [1.54, 1.807) is 0 Å². The molecule has 2 N–H and O–H groups in total. The van der Waals surface area contributed by atoms with E-state index in [-0.39, 0.29) is 11.1 Å². The number of benzene rings is 1. The molecule has 0 amide bonds. The summed E-state index contributed by atoms with van der Waals surface area (Å²) < 4.78 is 13.3. The van der Waals surface area contributed by atoms with Gasteiger partial charge < -0.3 is 10.2 Å². The Balaban J connectivity index is 3.19. The first-order valence-electron chi connectivity index (χ1n) is 5.20. The molecule has 1 aromatic carbocycles. The lowest BCUT2D eigenvalue weighted by atomic mass is 9.98. The number of nitrogens with zero attached hydrogens (tertiary/aromatic N) is 4. The number of aliphatic hydroxyl groups is 2. The second-order valence-electron chi connectivity index (χ2n) is 3.82. The molecule has 0 saturated carbocycles. The van der Waals surface area contributed by atoms with Gasteiger partial charge in [-0.25, -0.2) is 4.39 Å². The predicted octanol–water partition coefficient (Wildman–Crippen LogP) is 1.75. The second kappa shape index (κ2) is 6.10. The van der Waals surface area contributed by atoms with Gasteiger partial charge in [-0.05, 0) is 24.1 Å². The summed E-state index contributed by atoms with van der Waals surface area (Å²) in [6, 6.07) is 1.62. The van der Waals surface area contributed by atoms with Crippen LogP contribution in [0.25, 0.3) is 10.4 Å². The SMILES string of the molecule is Cc1c(C(O)C(O)CN=[N+]=[N-])cc(F)cc1[N+](=O)[O-]. The van der Waals surface area contributed by atoms with Crippen molar-refractivity contribution in [2.24, 2.45) is 5.11 Å². The fraction of sp³-hybridized carbons (Fsp3) is 0.400. The highest BCUT2D eigenvalue weighted by atomic mass is 19.1. The number of nitro groups is 1. The van der Waals surface area contributed by atoms with Crippen LogP contribution in [-0.4, -0.2) is 27.8 Å². The molecule has 0 bridgehead atoms. The third-order valence-electron chi connectivity index (χ3n) is 2.60. The monoisotopic (exact) mass is 270 g/mol. The van der Waals surface area contributed by atoms with Crippen molar-refractivity contribution in [1.29, 1.82) is 0 Å². The molecular weight excluding hydrogens is 259 g/mol. The van der Waals surface area contributed by atoms with E-state index in [2.05, 4.69) is 10.0 Å². The van der Waals surface area contributed by atoms with Gasteiger partial charge in [-0.15, -0.1) is 0 Å². The van der Waals surface area contributed by atoms with Gasteiger partial charge in [-0.2, -0.15) is 0 Å². The Hall–Kier alpha value is -2.22. The maximum Gasteiger partial charge on any atom is 0.275 e. The van der Waals surface area contributed by atoms with Crippen molar-refractivity contribution in [2.45, 2.75) is 19.1 Å². The van der Waals surface area contributed by atoms with Crippen LogP contribution >= 0.6 is 0 Å². The topological polar surface area (TPSA) is 132 Å². The Morgan fingerprint density at radius 3 is 2.74 bits per heavy atom. The predicted molar refractivity (Wildman–Crippen MR) is 62.8 cm³/mol. The third-order valence-corrected chi connectivity index (χ3v) is 2.60. The van der Waals surface area contributed by atoms with Crippen LogP contribution < -0.4 is 0 Å². The summed E-state index contributed by atoms with van der Waals surface area (Å²) in [5.74, 6) is -0.901. The zero-order valence-electron chi connectivity index (χ0n) is 9.89. The van der Waals surface area contributed by atoms with Gasteiger partial charge in [0.25, 0.3) is 5.69 Å². The lowest BCUT2D eigenvalue weighted by molar-refractivity contribution is -0.385. The highest BCUT2D eigenvalue weighted by molar-refractivity contribution is 5.46. The summed E-state index contributed by atoms with van der Waals surface area (Å²) in [7, 11) is 0. The lowest BCUT2D eigenvalue weighted by Crippen LogP contribution is -2.22. The van der Waals surface area contributed by atoms with Gasteiger partial charge in [0.1, 0.15) is 11.9 Å². The molecule has 0 radical (unpaired) electrons. The molecule has 0 aliphatic rings. The van der Waals surface area contributed by atoms with E-state index in [0.29, 0.717) is 0 Å². The van der Waals surface area contributed by atoms with Crippen molar-refractivity contribution in [1.82, 2.24) is 0 Å².